The van der Waals surface area contributed by atoms with Crippen molar-refractivity contribution in [3.8, 4) is 17.2 Å². The molecule has 8 rings (SSSR count). The van der Waals surface area contributed by atoms with Gasteiger partial charge in [0.1, 0.15) is 0 Å². The zero-order valence-electron chi connectivity index (χ0n) is 22.5. The molecule has 0 spiro atoms. The van der Waals surface area contributed by atoms with Crippen molar-refractivity contribution in [3.05, 3.63) is 127 Å². The second-order valence-electron chi connectivity index (χ2n) is 10.2. The second kappa shape index (κ2) is 9.26. The standard InChI is InChI=1S/C37H25N3S/c1-3-14-27-30(4-2)40(37-38-29-21-12-10-19-26(29)34(39-37)23-15-6-5-7-16-23)35-32(27)24-17-8-9-18-25(24)33-28-20-11-13-22-31(28)41-36(33)35/h3-22H,2H2,1H3/b14-3-. The van der Waals surface area contributed by atoms with E-state index in [1.165, 1.54) is 36.3 Å². The highest BCUT2D eigenvalue weighted by Gasteiger charge is 2.25. The highest BCUT2D eigenvalue weighted by atomic mass is 32.1. The Morgan fingerprint density at radius 2 is 1.37 bits per heavy atom. The van der Waals surface area contributed by atoms with Gasteiger partial charge < -0.3 is 0 Å². The Labute approximate surface area is 241 Å². The molecule has 0 aliphatic carbocycles. The van der Waals surface area contributed by atoms with Crippen LogP contribution in [0, 0.1) is 0 Å². The molecule has 41 heavy (non-hydrogen) atoms. The molecule has 3 nitrogen and oxygen atoms in total. The normalized spacial score (nSPS) is 12.0. The molecule has 0 aliphatic heterocycles. The maximum absolute atomic E-state index is 5.30. The number of rotatable bonds is 4. The molecule has 5 aromatic carbocycles. The summed E-state index contributed by atoms with van der Waals surface area (Å²) in [7, 11) is 0. The molecule has 4 heteroatoms. The number of thiophene rings is 1. The molecule has 3 aromatic heterocycles. The van der Waals surface area contributed by atoms with E-state index in [-0.39, 0.29) is 0 Å². The monoisotopic (exact) mass is 543 g/mol. The Bertz CT molecular complexity index is 2340. The number of para-hydroxylation sites is 1. The summed E-state index contributed by atoms with van der Waals surface area (Å²) in [5.74, 6) is 0.646. The summed E-state index contributed by atoms with van der Waals surface area (Å²) >= 11 is 1.83. The maximum Gasteiger partial charge on any atom is 0.235 e. The van der Waals surface area contributed by atoms with Crippen molar-refractivity contribution >= 4 is 76.2 Å². The van der Waals surface area contributed by atoms with Crippen molar-refractivity contribution in [3.63, 3.8) is 0 Å². The SMILES string of the molecule is C=Cc1c(/C=C\C)c2c3ccccc3c3c4ccccc4sc3c2n1-c1nc(-c2ccccc2)c2ccccc2n1. The van der Waals surface area contributed by atoms with Crippen molar-refractivity contribution in [2.75, 3.05) is 0 Å². The second-order valence-corrected chi connectivity index (χ2v) is 11.2. The van der Waals surface area contributed by atoms with E-state index in [9.17, 15) is 0 Å². The van der Waals surface area contributed by atoms with E-state index in [0.717, 1.165) is 38.9 Å². The van der Waals surface area contributed by atoms with Crippen LogP contribution < -0.4 is 0 Å². The predicted molar refractivity (Wildman–Crippen MR) is 177 cm³/mol. The summed E-state index contributed by atoms with van der Waals surface area (Å²) in [6.45, 7) is 6.36. The molecule has 194 valence electrons. The van der Waals surface area contributed by atoms with Crippen LogP contribution in [-0.4, -0.2) is 14.5 Å². The van der Waals surface area contributed by atoms with Crippen molar-refractivity contribution in [2.45, 2.75) is 6.92 Å². The summed E-state index contributed by atoms with van der Waals surface area (Å²) in [5.41, 5.74) is 6.14. The van der Waals surface area contributed by atoms with E-state index in [0.29, 0.717) is 5.95 Å². The summed E-state index contributed by atoms with van der Waals surface area (Å²) in [6.07, 6.45) is 6.25. The molecule has 0 aliphatic rings. The lowest BCUT2D eigenvalue weighted by molar-refractivity contribution is 0.976. The van der Waals surface area contributed by atoms with Crippen LogP contribution in [0.5, 0.6) is 0 Å². The molecule has 0 saturated heterocycles. The largest absolute Gasteiger partial charge is 0.276 e. The average molecular weight is 544 g/mol. The highest BCUT2D eigenvalue weighted by molar-refractivity contribution is 7.27. The van der Waals surface area contributed by atoms with Crippen LogP contribution >= 0.6 is 11.3 Å². The van der Waals surface area contributed by atoms with Gasteiger partial charge in [-0.15, -0.1) is 11.3 Å². The molecule has 0 bridgehead atoms. The zero-order valence-corrected chi connectivity index (χ0v) is 23.3. The summed E-state index contributed by atoms with van der Waals surface area (Å²) in [6, 6.07) is 36.1. The Morgan fingerprint density at radius 1 is 0.707 bits per heavy atom. The van der Waals surface area contributed by atoms with Gasteiger partial charge in [-0.1, -0.05) is 110 Å². The van der Waals surface area contributed by atoms with Gasteiger partial charge in [0.15, 0.2) is 0 Å². The molecule has 0 radical (unpaired) electrons. The van der Waals surface area contributed by atoms with E-state index in [2.05, 4.69) is 121 Å². The van der Waals surface area contributed by atoms with E-state index >= 15 is 0 Å². The van der Waals surface area contributed by atoms with Crippen molar-refractivity contribution in [1.29, 1.82) is 0 Å². The van der Waals surface area contributed by atoms with Crippen LogP contribution in [0.4, 0.5) is 0 Å². The third-order valence-corrected chi connectivity index (χ3v) is 9.07. The Kier molecular flexibility index (Phi) is 5.37. The quantitative estimate of drug-likeness (QED) is 0.221. The number of hydrogen-bond donors (Lipinski definition) is 0. The van der Waals surface area contributed by atoms with E-state index < -0.39 is 0 Å². The zero-order chi connectivity index (χ0) is 27.5. The Hall–Kier alpha value is -5.06. The van der Waals surface area contributed by atoms with Gasteiger partial charge >= 0.3 is 0 Å². The molecule has 8 aromatic rings. The summed E-state index contributed by atoms with van der Waals surface area (Å²) < 4.78 is 4.74. The van der Waals surface area contributed by atoms with Crippen LogP contribution in [0.2, 0.25) is 0 Å². The number of hydrogen-bond acceptors (Lipinski definition) is 3. The fourth-order valence-corrected chi connectivity index (χ4v) is 7.48. The van der Waals surface area contributed by atoms with Gasteiger partial charge in [0.25, 0.3) is 0 Å². The van der Waals surface area contributed by atoms with Gasteiger partial charge in [-0.05, 0) is 35.9 Å². The minimum absolute atomic E-state index is 0.646. The van der Waals surface area contributed by atoms with Crippen molar-refractivity contribution in [2.24, 2.45) is 0 Å². The number of aromatic nitrogens is 3. The van der Waals surface area contributed by atoms with Crippen molar-refractivity contribution in [1.82, 2.24) is 14.5 Å². The van der Waals surface area contributed by atoms with Gasteiger partial charge in [-0.25, -0.2) is 9.97 Å². The smallest absolute Gasteiger partial charge is 0.235 e. The van der Waals surface area contributed by atoms with Crippen molar-refractivity contribution < 1.29 is 0 Å². The van der Waals surface area contributed by atoms with Gasteiger partial charge in [-0.3, -0.25) is 4.57 Å². The topological polar surface area (TPSA) is 30.7 Å². The molecule has 3 heterocycles. The van der Waals surface area contributed by atoms with Gasteiger partial charge in [0, 0.05) is 37.4 Å². The first-order valence-electron chi connectivity index (χ1n) is 13.8. The van der Waals surface area contributed by atoms with Gasteiger partial charge in [-0.2, -0.15) is 0 Å². The molecule has 0 fully saturated rings. The molecular weight excluding hydrogens is 518 g/mol. The number of nitrogens with zero attached hydrogens (tertiary/aromatic N) is 3. The fraction of sp³-hybridized carbons (Fsp3) is 0.0270. The summed E-state index contributed by atoms with van der Waals surface area (Å²) in [5, 5.41) is 7.26. The van der Waals surface area contributed by atoms with Crippen LogP contribution in [-0.2, 0) is 0 Å². The first-order valence-corrected chi connectivity index (χ1v) is 14.6. The summed E-state index contributed by atoms with van der Waals surface area (Å²) in [4.78, 5) is 10.5. The minimum atomic E-state index is 0.646. The molecule has 0 saturated carbocycles. The van der Waals surface area contributed by atoms with E-state index in [4.69, 9.17) is 9.97 Å². The molecule has 0 atom stereocenters. The Morgan fingerprint density at radius 3 is 2.12 bits per heavy atom. The third-order valence-electron chi connectivity index (χ3n) is 7.89. The molecule has 0 N–H and O–H groups in total. The maximum atomic E-state index is 5.30. The molecule has 0 amide bonds. The number of fused-ring (bicyclic) bond motifs is 9. The average Bonchev–Trinajstić information content (AvgIpc) is 3.57. The third kappa shape index (κ3) is 3.44. The highest BCUT2D eigenvalue weighted by Crippen LogP contribution is 2.47. The van der Waals surface area contributed by atoms with Crippen LogP contribution in [0.15, 0.2) is 116 Å². The predicted octanol–water partition coefficient (Wildman–Crippen LogP) is 10.4. The lowest BCUT2D eigenvalue weighted by Gasteiger charge is -2.13. The van der Waals surface area contributed by atoms with E-state index in [1.807, 2.05) is 29.5 Å². The number of allylic oxidation sites excluding steroid dienone is 1. The first kappa shape index (κ1) is 23.8. The lowest BCUT2D eigenvalue weighted by atomic mass is 9.98. The molecular formula is C37H25N3S. The number of benzene rings is 5. The van der Waals surface area contributed by atoms with Gasteiger partial charge in [0.2, 0.25) is 5.95 Å². The molecule has 0 unspecified atom stereocenters. The first-order chi connectivity index (χ1) is 20.3. The van der Waals surface area contributed by atoms with Gasteiger partial charge in [0.05, 0.1) is 27.1 Å². The van der Waals surface area contributed by atoms with Crippen LogP contribution in [0.25, 0.3) is 82.1 Å². The lowest BCUT2D eigenvalue weighted by Crippen LogP contribution is -2.05. The minimum Gasteiger partial charge on any atom is -0.276 e. The van der Waals surface area contributed by atoms with E-state index in [1.54, 1.807) is 0 Å². The van der Waals surface area contributed by atoms with Crippen LogP contribution in [0.1, 0.15) is 18.2 Å². The Balaban J connectivity index is 1.63. The fourth-order valence-electron chi connectivity index (χ4n) is 6.22. The van der Waals surface area contributed by atoms with Crippen LogP contribution in [0.3, 0.4) is 0 Å².